The van der Waals surface area contributed by atoms with E-state index in [0.717, 1.165) is 5.92 Å². The highest BCUT2D eigenvalue weighted by molar-refractivity contribution is 5.36. The van der Waals surface area contributed by atoms with Crippen LogP contribution in [0.25, 0.3) is 0 Å². The number of non-ortho nitro benzene ring substituents is 1. The number of hydrogen-bond donors (Lipinski definition) is 0. The van der Waals surface area contributed by atoms with Crippen LogP contribution in [-0.4, -0.2) is 4.92 Å². The Morgan fingerprint density at radius 1 is 1.38 bits per heavy atom. The second-order valence-corrected chi connectivity index (χ2v) is 4.59. The first-order valence-corrected chi connectivity index (χ1v) is 5.96. The van der Waals surface area contributed by atoms with E-state index in [2.05, 4.69) is 6.92 Å². The molecule has 0 saturated heterocycles. The Kier molecular flexibility index (Phi) is 3.22. The van der Waals surface area contributed by atoms with Crippen molar-refractivity contribution in [2.45, 2.75) is 38.5 Å². The maximum atomic E-state index is 10.5. The van der Waals surface area contributed by atoms with Gasteiger partial charge >= 0.3 is 0 Å². The van der Waals surface area contributed by atoms with Crippen LogP contribution in [0, 0.1) is 16.0 Å². The van der Waals surface area contributed by atoms with Gasteiger partial charge in [0.25, 0.3) is 5.69 Å². The molecular formula is C13H17NO2. The Bertz CT molecular complexity index is 372. The van der Waals surface area contributed by atoms with Gasteiger partial charge in [-0.1, -0.05) is 31.9 Å². The second-order valence-electron chi connectivity index (χ2n) is 4.59. The molecule has 1 saturated carbocycles. The van der Waals surface area contributed by atoms with Gasteiger partial charge in [0.2, 0.25) is 0 Å². The fraction of sp³-hybridized carbons (Fsp3) is 0.538. The van der Waals surface area contributed by atoms with Gasteiger partial charge in [0.05, 0.1) is 4.92 Å². The largest absolute Gasteiger partial charge is 0.269 e. The van der Waals surface area contributed by atoms with Crippen molar-refractivity contribution in [1.82, 2.24) is 0 Å². The summed E-state index contributed by atoms with van der Waals surface area (Å²) in [4.78, 5) is 10.2. The number of nitro groups is 1. The molecule has 2 atom stereocenters. The van der Waals surface area contributed by atoms with Gasteiger partial charge in [-0.3, -0.25) is 10.1 Å². The minimum absolute atomic E-state index is 0.189. The van der Waals surface area contributed by atoms with Crippen molar-refractivity contribution >= 4 is 5.69 Å². The zero-order valence-electron chi connectivity index (χ0n) is 9.56. The van der Waals surface area contributed by atoms with Crippen molar-refractivity contribution in [3.63, 3.8) is 0 Å². The van der Waals surface area contributed by atoms with E-state index in [1.54, 1.807) is 12.1 Å². The Morgan fingerprint density at radius 2 is 2.06 bits per heavy atom. The molecule has 16 heavy (non-hydrogen) atoms. The van der Waals surface area contributed by atoms with E-state index >= 15 is 0 Å². The molecule has 0 N–H and O–H groups in total. The molecule has 3 nitrogen and oxygen atoms in total. The summed E-state index contributed by atoms with van der Waals surface area (Å²) in [6.07, 6.45) is 5.12. The minimum atomic E-state index is -0.342. The smallest absolute Gasteiger partial charge is 0.258 e. The molecule has 0 aliphatic heterocycles. The molecule has 0 amide bonds. The van der Waals surface area contributed by atoms with Crippen LogP contribution in [0.15, 0.2) is 24.3 Å². The molecule has 1 aromatic carbocycles. The van der Waals surface area contributed by atoms with Crippen molar-refractivity contribution < 1.29 is 4.92 Å². The summed E-state index contributed by atoms with van der Waals surface area (Å²) in [5.41, 5.74) is 1.46. The molecule has 0 spiro atoms. The third-order valence-electron chi connectivity index (χ3n) is 3.38. The topological polar surface area (TPSA) is 43.1 Å². The molecule has 0 bridgehead atoms. The van der Waals surface area contributed by atoms with E-state index < -0.39 is 0 Å². The van der Waals surface area contributed by atoms with Crippen molar-refractivity contribution in [3.8, 4) is 0 Å². The molecule has 0 heterocycles. The van der Waals surface area contributed by atoms with Crippen LogP contribution in [0.1, 0.15) is 44.1 Å². The predicted octanol–water partition coefficient (Wildman–Crippen LogP) is 3.89. The molecule has 0 aromatic heterocycles. The summed E-state index contributed by atoms with van der Waals surface area (Å²) in [7, 11) is 0. The summed E-state index contributed by atoms with van der Waals surface area (Å²) in [6.45, 7) is 2.21. The number of nitro benzene ring substituents is 1. The van der Waals surface area contributed by atoms with Crippen molar-refractivity contribution in [1.29, 1.82) is 0 Å². The van der Waals surface area contributed by atoms with Gasteiger partial charge in [0.15, 0.2) is 0 Å². The van der Waals surface area contributed by atoms with Crippen molar-refractivity contribution in [2.24, 2.45) is 5.92 Å². The lowest BCUT2D eigenvalue weighted by Crippen LogP contribution is -1.89. The minimum Gasteiger partial charge on any atom is -0.258 e. The summed E-state index contributed by atoms with van der Waals surface area (Å²) < 4.78 is 0. The SMILES string of the molecule is CCCC[C@@H]1C[C@H]1c1ccc([N+](=O)[O-])cc1. The maximum Gasteiger partial charge on any atom is 0.269 e. The van der Waals surface area contributed by atoms with Gasteiger partial charge in [-0.15, -0.1) is 0 Å². The maximum absolute atomic E-state index is 10.5. The molecule has 1 fully saturated rings. The van der Waals surface area contributed by atoms with Crippen LogP contribution >= 0.6 is 0 Å². The van der Waals surface area contributed by atoms with Crippen LogP contribution < -0.4 is 0 Å². The van der Waals surface area contributed by atoms with Crippen LogP contribution in [0.5, 0.6) is 0 Å². The number of benzene rings is 1. The van der Waals surface area contributed by atoms with Crippen LogP contribution in [0.2, 0.25) is 0 Å². The summed E-state index contributed by atoms with van der Waals surface area (Å²) >= 11 is 0. The Morgan fingerprint density at radius 3 is 2.62 bits per heavy atom. The van der Waals surface area contributed by atoms with E-state index in [0.29, 0.717) is 5.92 Å². The third kappa shape index (κ3) is 2.40. The Balaban J connectivity index is 1.94. The molecule has 0 unspecified atom stereocenters. The van der Waals surface area contributed by atoms with Gasteiger partial charge in [-0.05, 0) is 30.2 Å². The Labute approximate surface area is 95.6 Å². The number of unbranched alkanes of at least 4 members (excludes halogenated alkanes) is 1. The lowest BCUT2D eigenvalue weighted by Gasteiger charge is -2.00. The fourth-order valence-electron chi connectivity index (χ4n) is 2.28. The zero-order chi connectivity index (χ0) is 11.5. The molecule has 1 aliphatic carbocycles. The first-order valence-electron chi connectivity index (χ1n) is 5.96. The van der Waals surface area contributed by atoms with Gasteiger partial charge in [0, 0.05) is 12.1 Å². The molecule has 86 valence electrons. The second kappa shape index (κ2) is 4.64. The highest BCUT2D eigenvalue weighted by atomic mass is 16.6. The highest BCUT2D eigenvalue weighted by Gasteiger charge is 2.37. The van der Waals surface area contributed by atoms with Crippen LogP contribution in [-0.2, 0) is 0 Å². The van der Waals surface area contributed by atoms with E-state index in [4.69, 9.17) is 0 Å². The normalized spacial score (nSPS) is 23.1. The van der Waals surface area contributed by atoms with Crippen LogP contribution in [0.4, 0.5) is 5.69 Å². The van der Waals surface area contributed by atoms with Gasteiger partial charge in [-0.25, -0.2) is 0 Å². The number of nitrogens with zero attached hydrogens (tertiary/aromatic N) is 1. The molecule has 1 aromatic rings. The van der Waals surface area contributed by atoms with Crippen LogP contribution in [0.3, 0.4) is 0 Å². The van der Waals surface area contributed by atoms with Gasteiger partial charge in [-0.2, -0.15) is 0 Å². The summed E-state index contributed by atoms with van der Waals surface area (Å²) in [5, 5.41) is 10.5. The molecule has 2 rings (SSSR count). The molecule has 0 radical (unpaired) electrons. The summed E-state index contributed by atoms with van der Waals surface area (Å²) in [5.74, 6) is 1.48. The fourth-order valence-corrected chi connectivity index (χ4v) is 2.28. The standard InChI is InChI=1S/C13H17NO2/c1-2-3-4-11-9-13(11)10-5-7-12(8-6-10)14(15)16/h5-8,11,13H,2-4,9H2,1H3/t11-,13+/m1/s1. The molecular weight excluding hydrogens is 202 g/mol. The Hall–Kier alpha value is -1.38. The van der Waals surface area contributed by atoms with E-state index in [1.807, 2.05) is 12.1 Å². The predicted molar refractivity (Wildman–Crippen MR) is 63.5 cm³/mol. The van der Waals surface area contributed by atoms with Gasteiger partial charge in [0.1, 0.15) is 0 Å². The first kappa shape index (κ1) is 11.1. The lowest BCUT2D eigenvalue weighted by atomic mass is 10.1. The lowest BCUT2D eigenvalue weighted by molar-refractivity contribution is -0.384. The molecule has 3 heteroatoms. The van der Waals surface area contributed by atoms with E-state index in [1.165, 1.54) is 31.2 Å². The average molecular weight is 219 g/mol. The van der Waals surface area contributed by atoms with E-state index in [-0.39, 0.29) is 10.6 Å². The number of hydrogen-bond acceptors (Lipinski definition) is 2. The third-order valence-corrected chi connectivity index (χ3v) is 3.38. The van der Waals surface area contributed by atoms with Crippen molar-refractivity contribution in [3.05, 3.63) is 39.9 Å². The van der Waals surface area contributed by atoms with Crippen molar-refractivity contribution in [2.75, 3.05) is 0 Å². The number of rotatable bonds is 5. The molecule has 1 aliphatic rings. The average Bonchev–Trinajstić information content (AvgIpc) is 3.06. The summed E-state index contributed by atoms with van der Waals surface area (Å²) in [6, 6.07) is 7.05. The monoisotopic (exact) mass is 219 g/mol. The van der Waals surface area contributed by atoms with E-state index in [9.17, 15) is 10.1 Å². The first-order chi connectivity index (χ1) is 7.72. The zero-order valence-corrected chi connectivity index (χ0v) is 9.56. The van der Waals surface area contributed by atoms with Gasteiger partial charge < -0.3 is 0 Å². The quantitative estimate of drug-likeness (QED) is 0.557. The highest BCUT2D eigenvalue weighted by Crippen LogP contribution is 2.50.